The van der Waals surface area contributed by atoms with Gasteiger partial charge in [-0.2, -0.15) is 0 Å². The molecule has 2 rings (SSSR count). The van der Waals surface area contributed by atoms with E-state index < -0.39 is 5.97 Å². The Morgan fingerprint density at radius 1 is 1.39 bits per heavy atom. The summed E-state index contributed by atoms with van der Waals surface area (Å²) in [5.41, 5.74) is 2.21. The Hall–Kier alpha value is -2.04. The zero-order valence-electron chi connectivity index (χ0n) is 10.3. The number of hydrogen-bond donors (Lipinski definition) is 2. The number of carboxylic acids is 1. The van der Waals surface area contributed by atoms with E-state index in [1.165, 1.54) is 0 Å². The summed E-state index contributed by atoms with van der Waals surface area (Å²) in [4.78, 5) is 24.3. The van der Waals surface area contributed by atoms with E-state index in [2.05, 4.69) is 10.2 Å². The summed E-state index contributed by atoms with van der Waals surface area (Å²) in [6, 6.07) is 5.08. The van der Waals surface area contributed by atoms with Crippen LogP contribution in [0.2, 0.25) is 0 Å². The molecule has 2 N–H and O–H groups in total. The number of carbonyl (C=O) groups is 2. The van der Waals surface area contributed by atoms with Gasteiger partial charge < -0.3 is 15.3 Å². The number of carbonyl (C=O) groups excluding carboxylic acids is 1. The largest absolute Gasteiger partial charge is 0.478 e. The molecule has 1 aromatic carbocycles. The highest BCUT2D eigenvalue weighted by atomic mass is 16.4. The van der Waals surface area contributed by atoms with Gasteiger partial charge in [0.25, 0.3) is 0 Å². The second-order valence-electron chi connectivity index (χ2n) is 4.39. The van der Waals surface area contributed by atoms with Crippen LogP contribution in [0.25, 0.3) is 0 Å². The maximum Gasteiger partial charge on any atom is 0.335 e. The normalized spacial score (nSPS) is 16.1. The maximum absolute atomic E-state index is 11.3. The SMILES string of the molecule is Cc1cc(C(=O)O)ccc1N1CCNC(=O)CC1. The van der Waals surface area contributed by atoms with Gasteiger partial charge in [-0.25, -0.2) is 4.79 Å². The van der Waals surface area contributed by atoms with E-state index in [0.29, 0.717) is 25.1 Å². The van der Waals surface area contributed by atoms with Gasteiger partial charge in [-0.1, -0.05) is 0 Å². The van der Waals surface area contributed by atoms with Crippen LogP contribution >= 0.6 is 0 Å². The Bertz CT molecular complexity index is 485. The highest BCUT2D eigenvalue weighted by molar-refractivity contribution is 5.88. The molecule has 1 aromatic rings. The van der Waals surface area contributed by atoms with Crippen LogP contribution in [0.15, 0.2) is 18.2 Å². The number of anilines is 1. The highest BCUT2D eigenvalue weighted by Gasteiger charge is 2.16. The van der Waals surface area contributed by atoms with Crippen LogP contribution in [0.3, 0.4) is 0 Å². The molecule has 0 unspecified atom stereocenters. The number of hydrogen-bond acceptors (Lipinski definition) is 3. The van der Waals surface area contributed by atoms with Gasteiger partial charge in [0.2, 0.25) is 5.91 Å². The number of aromatic carboxylic acids is 1. The second kappa shape index (κ2) is 5.08. The average Bonchev–Trinajstić information content (AvgIpc) is 2.54. The Morgan fingerprint density at radius 3 is 2.83 bits per heavy atom. The molecule has 96 valence electrons. The van der Waals surface area contributed by atoms with Gasteiger partial charge >= 0.3 is 5.97 Å². The summed E-state index contributed by atoms with van der Waals surface area (Å²) in [7, 11) is 0. The smallest absolute Gasteiger partial charge is 0.335 e. The lowest BCUT2D eigenvalue weighted by Crippen LogP contribution is -2.28. The van der Waals surface area contributed by atoms with E-state index in [-0.39, 0.29) is 5.91 Å². The monoisotopic (exact) mass is 248 g/mol. The third-order valence-electron chi connectivity index (χ3n) is 3.10. The number of benzene rings is 1. The van der Waals surface area contributed by atoms with Crippen molar-refractivity contribution in [3.8, 4) is 0 Å². The third-order valence-corrected chi connectivity index (χ3v) is 3.10. The minimum absolute atomic E-state index is 0.0670. The molecule has 1 aliphatic rings. The molecule has 0 radical (unpaired) electrons. The molecule has 0 spiro atoms. The van der Waals surface area contributed by atoms with Crippen LogP contribution in [0.5, 0.6) is 0 Å². The molecule has 5 heteroatoms. The number of nitrogens with one attached hydrogen (secondary N) is 1. The summed E-state index contributed by atoms with van der Waals surface area (Å²) in [6.45, 7) is 3.93. The van der Waals surface area contributed by atoms with Gasteiger partial charge in [0.1, 0.15) is 0 Å². The molecular formula is C13H16N2O3. The van der Waals surface area contributed by atoms with Crippen LogP contribution in [-0.2, 0) is 4.79 Å². The third kappa shape index (κ3) is 2.61. The van der Waals surface area contributed by atoms with E-state index in [1.807, 2.05) is 13.0 Å². The fourth-order valence-corrected chi connectivity index (χ4v) is 2.15. The highest BCUT2D eigenvalue weighted by Crippen LogP contribution is 2.22. The van der Waals surface area contributed by atoms with Gasteiger partial charge in [0, 0.05) is 31.7 Å². The number of aryl methyl sites for hydroxylation is 1. The molecule has 1 amide bonds. The van der Waals surface area contributed by atoms with Crippen LogP contribution in [0.1, 0.15) is 22.3 Å². The van der Waals surface area contributed by atoms with E-state index in [0.717, 1.165) is 17.8 Å². The Kier molecular flexibility index (Phi) is 3.50. The first-order chi connectivity index (χ1) is 8.58. The van der Waals surface area contributed by atoms with Crippen molar-refractivity contribution in [1.29, 1.82) is 0 Å². The molecule has 0 atom stereocenters. The lowest BCUT2D eigenvalue weighted by atomic mass is 10.1. The fraction of sp³-hybridized carbons (Fsp3) is 0.385. The summed E-state index contributed by atoms with van der Waals surface area (Å²) < 4.78 is 0. The molecule has 0 bridgehead atoms. The molecule has 0 saturated carbocycles. The van der Waals surface area contributed by atoms with E-state index in [1.54, 1.807) is 12.1 Å². The Balaban J connectivity index is 2.22. The quantitative estimate of drug-likeness (QED) is 0.819. The average molecular weight is 248 g/mol. The van der Waals surface area contributed by atoms with Gasteiger partial charge in [-0.3, -0.25) is 4.79 Å². The van der Waals surface area contributed by atoms with Crippen molar-refractivity contribution in [2.75, 3.05) is 24.5 Å². The van der Waals surface area contributed by atoms with Crippen LogP contribution in [0.4, 0.5) is 5.69 Å². The van der Waals surface area contributed by atoms with Crippen LogP contribution in [0, 0.1) is 6.92 Å². The standard InChI is InChI=1S/C13H16N2O3/c1-9-8-10(13(17)18)2-3-11(9)15-6-4-12(16)14-5-7-15/h2-3,8H,4-7H2,1H3,(H,14,16)(H,17,18). The topological polar surface area (TPSA) is 69.6 Å². The van der Waals surface area contributed by atoms with Crippen molar-refractivity contribution in [3.63, 3.8) is 0 Å². The van der Waals surface area contributed by atoms with Gasteiger partial charge in [-0.05, 0) is 30.7 Å². The lowest BCUT2D eigenvalue weighted by Gasteiger charge is -2.24. The number of rotatable bonds is 2. The first kappa shape index (κ1) is 12.4. The Labute approximate surface area is 105 Å². The maximum atomic E-state index is 11.3. The summed E-state index contributed by atoms with van der Waals surface area (Å²) >= 11 is 0. The minimum atomic E-state index is -0.919. The van der Waals surface area contributed by atoms with Crippen molar-refractivity contribution in [3.05, 3.63) is 29.3 Å². The molecule has 18 heavy (non-hydrogen) atoms. The van der Waals surface area contributed by atoms with E-state index in [9.17, 15) is 9.59 Å². The molecule has 5 nitrogen and oxygen atoms in total. The van der Waals surface area contributed by atoms with Gasteiger partial charge in [0.15, 0.2) is 0 Å². The molecule has 1 fully saturated rings. The summed E-state index contributed by atoms with van der Waals surface area (Å²) in [6.07, 6.45) is 0.472. The van der Waals surface area contributed by atoms with Crippen molar-refractivity contribution in [2.45, 2.75) is 13.3 Å². The molecule has 0 aromatic heterocycles. The molecule has 1 saturated heterocycles. The van der Waals surface area contributed by atoms with Gasteiger partial charge in [0.05, 0.1) is 5.56 Å². The van der Waals surface area contributed by atoms with Crippen molar-refractivity contribution < 1.29 is 14.7 Å². The summed E-state index contributed by atoms with van der Waals surface area (Å²) in [5.74, 6) is -0.852. The lowest BCUT2D eigenvalue weighted by molar-refractivity contribution is -0.120. The van der Waals surface area contributed by atoms with Crippen LogP contribution < -0.4 is 10.2 Å². The molecule has 1 heterocycles. The van der Waals surface area contributed by atoms with Crippen LogP contribution in [-0.4, -0.2) is 36.6 Å². The van der Waals surface area contributed by atoms with Crippen molar-refractivity contribution in [1.82, 2.24) is 5.32 Å². The van der Waals surface area contributed by atoms with Crippen molar-refractivity contribution >= 4 is 17.6 Å². The van der Waals surface area contributed by atoms with Gasteiger partial charge in [-0.15, -0.1) is 0 Å². The number of amides is 1. The molecular weight excluding hydrogens is 232 g/mol. The molecule has 0 aliphatic carbocycles. The molecule has 1 aliphatic heterocycles. The van der Waals surface area contributed by atoms with E-state index in [4.69, 9.17) is 5.11 Å². The zero-order chi connectivity index (χ0) is 13.1. The predicted molar refractivity (Wildman–Crippen MR) is 68.0 cm³/mol. The zero-order valence-corrected chi connectivity index (χ0v) is 10.3. The summed E-state index contributed by atoms with van der Waals surface area (Å²) in [5, 5.41) is 11.7. The predicted octanol–water partition coefficient (Wildman–Crippen LogP) is 1.02. The first-order valence-corrected chi connectivity index (χ1v) is 5.93. The second-order valence-corrected chi connectivity index (χ2v) is 4.39. The fourth-order valence-electron chi connectivity index (χ4n) is 2.15. The number of carboxylic acid groups (broad SMARTS) is 1. The Morgan fingerprint density at radius 2 is 2.17 bits per heavy atom. The number of nitrogens with zero attached hydrogens (tertiary/aromatic N) is 1. The first-order valence-electron chi connectivity index (χ1n) is 5.93. The minimum Gasteiger partial charge on any atom is -0.478 e. The van der Waals surface area contributed by atoms with Crippen molar-refractivity contribution in [2.24, 2.45) is 0 Å². The van der Waals surface area contributed by atoms with E-state index >= 15 is 0 Å².